The van der Waals surface area contributed by atoms with Gasteiger partial charge in [0.25, 0.3) is 11.8 Å². The number of rotatable bonds is 3. The molecule has 0 spiro atoms. The van der Waals surface area contributed by atoms with Crippen LogP contribution in [0.3, 0.4) is 0 Å². The molecule has 0 fully saturated rings. The molecule has 1 heterocycles. The van der Waals surface area contributed by atoms with Gasteiger partial charge in [0, 0.05) is 26.6 Å². The second-order valence-corrected chi connectivity index (χ2v) is 6.92. The molecule has 0 bridgehead atoms. The Bertz CT molecular complexity index is 1180. The van der Waals surface area contributed by atoms with E-state index in [0.717, 1.165) is 0 Å². The van der Waals surface area contributed by atoms with Crippen molar-refractivity contribution >= 4 is 51.7 Å². The van der Waals surface area contributed by atoms with Crippen molar-refractivity contribution in [2.75, 3.05) is 5.32 Å². The number of carbonyl (C=O) groups excluding carboxylic acids is 2. The highest BCUT2D eigenvalue weighted by atomic mass is 35.5. The first kappa shape index (κ1) is 18.2. The van der Waals surface area contributed by atoms with Crippen molar-refractivity contribution in [3.63, 3.8) is 0 Å². The van der Waals surface area contributed by atoms with Crippen molar-refractivity contribution in [1.29, 1.82) is 0 Å². The van der Waals surface area contributed by atoms with Crippen LogP contribution < -0.4 is 5.32 Å². The van der Waals surface area contributed by atoms with E-state index in [-0.39, 0.29) is 11.8 Å². The highest BCUT2D eigenvalue weighted by molar-refractivity contribution is 6.31. The number of hydrogen-bond donors (Lipinski definition) is 1. The first-order valence-electron chi connectivity index (χ1n) is 8.38. The average molecular weight is 410 g/mol. The molecule has 138 valence electrons. The van der Waals surface area contributed by atoms with E-state index in [0.29, 0.717) is 37.9 Å². The lowest BCUT2D eigenvalue weighted by Crippen LogP contribution is -2.15. The van der Waals surface area contributed by atoms with Crippen molar-refractivity contribution in [2.24, 2.45) is 0 Å². The summed E-state index contributed by atoms with van der Waals surface area (Å²) in [5.74, 6) is -0.358. The molecule has 0 saturated heterocycles. The molecule has 28 heavy (non-hydrogen) atoms. The fourth-order valence-corrected chi connectivity index (χ4v) is 3.06. The summed E-state index contributed by atoms with van der Waals surface area (Å²) < 4.78 is 1.27. The van der Waals surface area contributed by atoms with Gasteiger partial charge < -0.3 is 5.32 Å². The van der Waals surface area contributed by atoms with Gasteiger partial charge in [0.1, 0.15) is 0 Å². The largest absolute Gasteiger partial charge is 0.305 e. The van der Waals surface area contributed by atoms with Gasteiger partial charge in [-0.2, -0.15) is 4.68 Å². The van der Waals surface area contributed by atoms with Crippen molar-refractivity contribution in [3.05, 3.63) is 94.0 Å². The number of halogens is 2. The van der Waals surface area contributed by atoms with Crippen LogP contribution in [0, 0.1) is 0 Å². The molecule has 1 N–H and O–H groups in total. The minimum Gasteiger partial charge on any atom is -0.305 e. The predicted octanol–water partition coefficient (Wildman–Crippen LogP) is 5.28. The smallest absolute Gasteiger partial charge is 0.278 e. The number of carbonyl (C=O) groups is 2. The molecular weight excluding hydrogens is 397 g/mol. The first-order valence-corrected chi connectivity index (χ1v) is 9.13. The molecule has 4 aromatic rings. The van der Waals surface area contributed by atoms with E-state index in [1.165, 1.54) is 4.68 Å². The Kier molecular flexibility index (Phi) is 4.86. The lowest BCUT2D eigenvalue weighted by Gasteiger charge is -2.03. The summed E-state index contributed by atoms with van der Waals surface area (Å²) in [6, 6.07) is 20.3. The molecule has 0 radical (unpaired) electrons. The van der Waals surface area contributed by atoms with Crippen LogP contribution in [-0.4, -0.2) is 21.6 Å². The summed E-state index contributed by atoms with van der Waals surface area (Å²) in [6.45, 7) is 0. The van der Waals surface area contributed by atoms with Gasteiger partial charge >= 0.3 is 0 Å². The number of fused-ring (bicyclic) bond motifs is 1. The SMILES string of the molecule is O=C(Nc1nn(C(=O)c2ccc(Cl)cc2)c2ccccc12)c1ccc(Cl)cc1. The quantitative estimate of drug-likeness (QED) is 0.500. The van der Waals surface area contributed by atoms with Crippen LogP contribution in [0.2, 0.25) is 10.0 Å². The Balaban J connectivity index is 1.72. The van der Waals surface area contributed by atoms with Gasteiger partial charge in [-0.1, -0.05) is 35.3 Å². The molecule has 7 heteroatoms. The molecule has 1 aromatic heterocycles. The standard InChI is InChI=1S/C21H13Cl2N3O2/c22-15-9-5-13(6-10-15)20(27)24-19-17-3-1-2-4-18(17)26(25-19)21(28)14-7-11-16(23)12-8-14/h1-12H,(H,24,25,27). The molecule has 0 saturated carbocycles. The maximum absolute atomic E-state index is 12.9. The number of nitrogens with one attached hydrogen (secondary N) is 1. The number of amides is 1. The molecule has 3 aromatic carbocycles. The summed E-state index contributed by atoms with van der Waals surface area (Å²) in [5.41, 5.74) is 1.47. The zero-order valence-corrected chi connectivity index (χ0v) is 15.9. The Morgan fingerprint density at radius 1 is 0.786 bits per heavy atom. The summed E-state index contributed by atoms with van der Waals surface area (Å²) in [7, 11) is 0. The van der Waals surface area contributed by atoms with E-state index in [1.807, 2.05) is 6.07 Å². The van der Waals surface area contributed by atoms with Crippen LogP contribution in [0.4, 0.5) is 5.82 Å². The topological polar surface area (TPSA) is 64.0 Å². The highest BCUT2D eigenvalue weighted by Gasteiger charge is 2.18. The van der Waals surface area contributed by atoms with Crippen LogP contribution in [-0.2, 0) is 0 Å². The Labute approximate surface area is 170 Å². The van der Waals surface area contributed by atoms with Crippen LogP contribution in [0.15, 0.2) is 72.8 Å². The van der Waals surface area contributed by atoms with Crippen molar-refractivity contribution in [1.82, 2.24) is 9.78 Å². The van der Waals surface area contributed by atoms with Gasteiger partial charge in [0.2, 0.25) is 0 Å². The fraction of sp³-hybridized carbons (Fsp3) is 0. The molecular formula is C21H13Cl2N3O2. The van der Waals surface area contributed by atoms with Crippen LogP contribution in [0.25, 0.3) is 10.9 Å². The van der Waals surface area contributed by atoms with Crippen LogP contribution in [0.5, 0.6) is 0 Å². The normalized spacial score (nSPS) is 10.8. The van der Waals surface area contributed by atoms with Crippen molar-refractivity contribution in [2.45, 2.75) is 0 Å². The number of anilines is 1. The summed E-state index contributed by atoms with van der Waals surface area (Å²) in [5, 5.41) is 8.86. The molecule has 0 atom stereocenters. The third-order valence-corrected chi connectivity index (χ3v) is 4.71. The van der Waals surface area contributed by atoms with E-state index in [1.54, 1.807) is 66.7 Å². The predicted molar refractivity (Wildman–Crippen MR) is 110 cm³/mol. The van der Waals surface area contributed by atoms with Gasteiger partial charge in [-0.15, -0.1) is 5.10 Å². The Morgan fingerprint density at radius 2 is 1.36 bits per heavy atom. The molecule has 0 aliphatic rings. The highest BCUT2D eigenvalue weighted by Crippen LogP contribution is 2.24. The van der Waals surface area contributed by atoms with E-state index in [2.05, 4.69) is 10.4 Å². The van der Waals surface area contributed by atoms with Crippen LogP contribution in [0.1, 0.15) is 20.7 Å². The summed E-state index contributed by atoms with van der Waals surface area (Å²) in [6.07, 6.45) is 0. The maximum atomic E-state index is 12.9. The monoisotopic (exact) mass is 409 g/mol. The van der Waals surface area contributed by atoms with Crippen LogP contribution >= 0.6 is 23.2 Å². The van der Waals surface area contributed by atoms with Gasteiger partial charge in [-0.3, -0.25) is 9.59 Å². The molecule has 0 aliphatic heterocycles. The zero-order valence-electron chi connectivity index (χ0n) is 14.4. The van der Waals surface area contributed by atoms with Gasteiger partial charge in [-0.05, 0) is 60.7 Å². The first-order chi connectivity index (χ1) is 13.5. The lowest BCUT2D eigenvalue weighted by atomic mass is 10.2. The molecule has 4 rings (SSSR count). The Morgan fingerprint density at radius 3 is 2.00 bits per heavy atom. The number of para-hydroxylation sites is 1. The fourth-order valence-electron chi connectivity index (χ4n) is 2.81. The number of aromatic nitrogens is 2. The van der Waals surface area contributed by atoms with Crippen molar-refractivity contribution in [3.8, 4) is 0 Å². The molecule has 0 unspecified atom stereocenters. The number of benzene rings is 3. The van der Waals surface area contributed by atoms with E-state index in [4.69, 9.17) is 23.2 Å². The second-order valence-electron chi connectivity index (χ2n) is 6.05. The van der Waals surface area contributed by atoms with E-state index < -0.39 is 0 Å². The number of nitrogens with zero attached hydrogens (tertiary/aromatic N) is 2. The minimum atomic E-state index is -0.342. The third-order valence-electron chi connectivity index (χ3n) is 4.21. The van der Waals surface area contributed by atoms with E-state index >= 15 is 0 Å². The molecule has 0 aliphatic carbocycles. The molecule has 1 amide bonds. The lowest BCUT2D eigenvalue weighted by molar-refractivity contribution is 0.0948. The summed E-state index contributed by atoms with van der Waals surface area (Å²) >= 11 is 11.8. The Hall–Kier alpha value is -3.15. The van der Waals surface area contributed by atoms with Crippen molar-refractivity contribution < 1.29 is 9.59 Å². The van der Waals surface area contributed by atoms with Gasteiger partial charge in [0.05, 0.1) is 5.52 Å². The zero-order chi connectivity index (χ0) is 19.7. The van der Waals surface area contributed by atoms with Gasteiger partial charge in [0.15, 0.2) is 5.82 Å². The maximum Gasteiger partial charge on any atom is 0.278 e. The molecule has 5 nitrogen and oxygen atoms in total. The van der Waals surface area contributed by atoms with Gasteiger partial charge in [-0.25, -0.2) is 0 Å². The number of hydrogen-bond acceptors (Lipinski definition) is 3. The summed E-state index contributed by atoms with van der Waals surface area (Å²) in [4.78, 5) is 25.5. The second kappa shape index (κ2) is 7.46. The third kappa shape index (κ3) is 3.50. The van der Waals surface area contributed by atoms with E-state index in [9.17, 15) is 9.59 Å². The average Bonchev–Trinajstić information content (AvgIpc) is 3.07. The minimum absolute atomic E-state index is 0.304.